The van der Waals surface area contributed by atoms with Gasteiger partial charge >= 0.3 is 5.97 Å². The molecule has 170 valence electrons. The van der Waals surface area contributed by atoms with Gasteiger partial charge in [0.25, 0.3) is 10.0 Å². The first-order valence-electron chi connectivity index (χ1n) is 9.98. The number of halogens is 2. The standard InChI is InChI=1S/C23H18Cl2N2O5S/c1-2-20(28)32-23-17-9-8-14(24)13-19(17)27(33(30,31)16-6-4-3-5-7-16)21(23)22(29)18-12-15(25)10-11-26-18/h3-13,21,23H,2H2,1H3. The minimum atomic E-state index is -4.25. The Labute approximate surface area is 201 Å². The molecule has 0 spiro atoms. The predicted octanol–water partition coefficient (Wildman–Crippen LogP) is 4.84. The van der Waals surface area contributed by atoms with Gasteiger partial charge in [-0.3, -0.25) is 18.9 Å². The average Bonchev–Trinajstić information content (AvgIpc) is 3.12. The number of carbonyl (C=O) groups excluding carboxylic acids is 2. The third-order valence-corrected chi connectivity index (χ3v) is 7.45. The van der Waals surface area contributed by atoms with Gasteiger partial charge in [-0.2, -0.15) is 0 Å². The number of hydrogen-bond donors (Lipinski definition) is 0. The van der Waals surface area contributed by atoms with Gasteiger partial charge in [-0.25, -0.2) is 8.42 Å². The van der Waals surface area contributed by atoms with E-state index in [1.807, 2.05) is 0 Å². The van der Waals surface area contributed by atoms with Gasteiger partial charge in [-0.1, -0.05) is 54.4 Å². The van der Waals surface area contributed by atoms with Crippen LogP contribution in [0.1, 0.15) is 35.5 Å². The van der Waals surface area contributed by atoms with Crippen molar-refractivity contribution in [3.63, 3.8) is 0 Å². The Morgan fingerprint density at radius 1 is 1.03 bits per heavy atom. The zero-order valence-electron chi connectivity index (χ0n) is 17.3. The summed E-state index contributed by atoms with van der Waals surface area (Å²) in [6.07, 6.45) is 0.190. The normalized spacial score (nSPS) is 17.5. The van der Waals surface area contributed by atoms with Gasteiger partial charge in [0.15, 0.2) is 12.1 Å². The number of fused-ring (bicyclic) bond motifs is 1. The summed E-state index contributed by atoms with van der Waals surface area (Å²) in [7, 11) is -4.25. The first-order chi connectivity index (χ1) is 15.7. The second-order valence-electron chi connectivity index (χ2n) is 7.25. The molecule has 33 heavy (non-hydrogen) atoms. The van der Waals surface area contributed by atoms with E-state index in [1.165, 1.54) is 36.5 Å². The number of esters is 1. The molecule has 0 amide bonds. The summed E-state index contributed by atoms with van der Waals surface area (Å²) >= 11 is 12.2. The van der Waals surface area contributed by atoms with Gasteiger partial charge in [0, 0.05) is 28.2 Å². The molecule has 1 aliphatic rings. The second kappa shape index (κ2) is 9.13. The topological polar surface area (TPSA) is 93.6 Å². The number of rotatable bonds is 6. The number of ketones is 1. The van der Waals surface area contributed by atoms with Gasteiger partial charge < -0.3 is 4.74 Å². The van der Waals surface area contributed by atoms with Crippen molar-refractivity contribution in [3.05, 3.63) is 88.2 Å². The zero-order valence-corrected chi connectivity index (χ0v) is 19.6. The Hall–Kier alpha value is -2.94. The van der Waals surface area contributed by atoms with Crippen LogP contribution in [-0.2, 0) is 19.6 Å². The molecule has 7 nitrogen and oxygen atoms in total. The number of carbonyl (C=O) groups is 2. The van der Waals surface area contributed by atoms with Crippen LogP contribution in [-0.4, -0.2) is 31.2 Å². The minimum Gasteiger partial charge on any atom is -0.455 e. The number of nitrogens with zero attached hydrogens (tertiary/aromatic N) is 2. The summed E-state index contributed by atoms with van der Waals surface area (Å²) in [5.41, 5.74) is 0.443. The molecule has 0 radical (unpaired) electrons. The van der Waals surface area contributed by atoms with Gasteiger partial charge in [0.1, 0.15) is 5.69 Å². The molecule has 10 heteroatoms. The summed E-state index contributed by atoms with van der Waals surface area (Å²) in [6, 6.07) is 13.6. The highest BCUT2D eigenvalue weighted by Gasteiger charge is 2.51. The van der Waals surface area contributed by atoms with Crippen LogP contribution in [0.2, 0.25) is 10.0 Å². The van der Waals surface area contributed by atoms with Gasteiger partial charge in [0.05, 0.1) is 10.6 Å². The lowest BCUT2D eigenvalue weighted by atomic mass is 10.0. The number of benzene rings is 2. The molecule has 0 saturated carbocycles. The summed E-state index contributed by atoms with van der Waals surface area (Å²) in [5, 5.41) is 0.517. The van der Waals surface area contributed by atoms with Crippen LogP contribution in [0.25, 0.3) is 0 Å². The lowest BCUT2D eigenvalue weighted by Gasteiger charge is -2.28. The number of hydrogen-bond acceptors (Lipinski definition) is 6. The zero-order chi connectivity index (χ0) is 23.8. The molecule has 2 unspecified atom stereocenters. The highest BCUT2D eigenvalue weighted by Crippen LogP contribution is 2.47. The largest absolute Gasteiger partial charge is 0.455 e. The van der Waals surface area contributed by atoms with Crippen molar-refractivity contribution in [2.75, 3.05) is 4.31 Å². The molecule has 1 aliphatic heterocycles. The molecule has 0 saturated heterocycles. The second-order valence-corrected chi connectivity index (χ2v) is 9.94. The molecule has 2 heterocycles. The third-order valence-electron chi connectivity index (χ3n) is 5.17. The summed E-state index contributed by atoms with van der Waals surface area (Å²) in [4.78, 5) is 30.0. The van der Waals surface area contributed by atoms with E-state index >= 15 is 0 Å². The number of Topliss-reactive ketones (excluding diaryl/α,β-unsaturated/α-hetero) is 1. The monoisotopic (exact) mass is 504 g/mol. The molecule has 2 atom stereocenters. The number of anilines is 1. The fourth-order valence-electron chi connectivity index (χ4n) is 3.66. The maximum Gasteiger partial charge on any atom is 0.306 e. The van der Waals surface area contributed by atoms with E-state index in [1.54, 1.807) is 37.3 Å². The smallest absolute Gasteiger partial charge is 0.306 e. The summed E-state index contributed by atoms with van der Waals surface area (Å²) in [6.45, 7) is 1.61. The highest BCUT2D eigenvalue weighted by atomic mass is 35.5. The van der Waals surface area contributed by atoms with E-state index in [4.69, 9.17) is 27.9 Å². The lowest BCUT2D eigenvalue weighted by molar-refractivity contribution is -0.149. The highest BCUT2D eigenvalue weighted by molar-refractivity contribution is 7.93. The molecule has 2 aromatic carbocycles. The average molecular weight is 505 g/mol. The van der Waals surface area contributed by atoms with Crippen molar-refractivity contribution < 1.29 is 22.7 Å². The molecule has 0 bridgehead atoms. The molecular formula is C23H18Cl2N2O5S. The van der Waals surface area contributed by atoms with E-state index in [0.717, 1.165) is 4.31 Å². The van der Waals surface area contributed by atoms with Crippen LogP contribution < -0.4 is 4.31 Å². The van der Waals surface area contributed by atoms with E-state index < -0.39 is 33.9 Å². The third kappa shape index (κ3) is 4.34. The van der Waals surface area contributed by atoms with Crippen molar-refractivity contribution >= 4 is 50.7 Å². The molecule has 0 aliphatic carbocycles. The Morgan fingerprint density at radius 3 is 2.39 bits per heavy atom. The van der Waals surface area contributed by atoms with Crippen LogP contribution in [0.3, 0.4) is 0 Å². The van der Waals surface area contributed by atoms with E-state index in [9.17, 15) is 18.0 Å². The van der Waals surface area contributed by atoms with Crippen molar-refractivity contribution in [2.45, 2.75) is 30.4 Å². The summed E-state index contributed by atoms with van der Waals surface area (Å²) < 4.78 is 34.1. The maximum atomic E-state index is 13.8. The molecule has 0 fully saturated rings. The number of sulfonamides is 1. The Balaban J connectivity index is 1.95. The number of pyridine rings is 1. The van der Waals surface area contributed by atoms with E-state index in [0.29, 0.717) is 5.56 Å². The Kier molecular flexibility index (Phi) is 6.43. The van der Waals surface area contributed by atoms with Crippen molar-refractivity contribution in [1.29, 1.82) is 0 Å². The lowest BCUT2D eigenvalue weighted by Crippen LogP contribution is -2.45. The molecule has 4 rings (SSSR count). The first-order valence-corrected chi connectivity index (χ1v) is 12.2. The molecule has 1 aromatic heterocycles. The van der Waals surface area contributed by atoms with Gasteiger partial charge in [-0.15, -0.1) is 0 Å². The Bertz CT molecular complexity index is 1330. The first kappa shape index (κ1) is 23.2. The van der Waals surface area contributed by atoms with Gasteiger partial charge in [-0.05, 0) is 36.4 Å². The van der Waals surface area contributed by atoms with Crippen LogP contribution in [0.4, 0.5) is 5.69 Å². The van der Waals surface area contributed by atoms with Crippen LogP contribution in [0.5, 0.6) is 0 Å². The van der Waals surface area contributed by atoms with Crippen molar-refractivity contribution in [1.82, 2.24) is 4.98 Å². The predicted molar refractivity (Wildman–Crippen MR) is 124 cm³/mol. The van der Waals surface area contributed by atoms with E-state index in [2.05, 4.69) is 4.98 Å². The quantitative estimate of drug-likeness (QED) is 0.352. The van der Waals surface area contributed by atoms with Crippen LogP contribution in [0.15, 0.2) is 71.8 Å². The number of aromatic nitrogens is 1. The van der Waals surface area contributed by atoms with Crippen LogP contribution in [0, 0.1) is 0 Å². The minimum absolute atomic E-state index is 0.0322. The molecule has 0 N–H and O–H groups in total. The molecular weight excluding hydrogens is 487 g/mol. The van der Waals surface area contributed by atoms with Crippen molar-refractivity contribution in [3.8, 4) is 0 Å². The van der Waals surface area contributed by atoms with Crippen LogP contribution >= 0.6 is 23.2 Å². The SMILES string of the molecule is CCC(=O)OC1c2ccc(Cl)cc2N(S(=O)(=O)c2ccccc2)C1C(=O)c1cc(Cl)ccn1. The number of ether oxygens (including phenoxy) is 1. The fraction of sp³-hybridized carbons (Fsp3) is 0.174. The maximum absolute atomic E-state index is 13.8. The van der Waals surface area contributed by atoms with Crippen molar-refractivity contribution in [2.24, 2.45) is 0 Å². The molecule has 3 aromatic rings. The Morgan fingerprint density at radius 2 is 1.73 bits per heavy atom. The summed E-state index contributed by atoms with van der Waals surface area (Å²) in [5.74, 6) is -1.25. The van der Waals surface area contributed by atoms with E-state index in [-0.39, 0.29) is 32.7 Å². The fourth-order valence-corrected chi connectivity index (χ4v) is 5.64. The van der Waals surface area contributed by atoms with Gasteiger partial charge in [0.2, 0.25) is 5.78 Å².